The largest absolute Gasteiger partial charge is 0.468 e. The Morgan fingerprint density at radius 3 is 1.32 bits per heavy atom. The third-order valence-electron chi connectivity index (χ3n) is 6.17. The Bertz CT molecular complexity index is 806. The first-order valence-corrected chi connectivity index (χ1v) is 14.1. The number of hydrogen-bond acceptors (Lipinski definition) is 14. The van der Waals surface area contributed by atoms with Gasteiger partial charge in [-0.2, -0.15) is 4.31 Å². The molecule has 1 atom stereocenters. The van der Waals surface area contributed by atoms with Crippen molar-refractivity contribution in [3.63, 3.8) is 0 Å². The summed E-state index contributed by atoms with van der Waals surface area (Å²) in [5, 5.41) is 0. The van der Waals surface area contributed by atoms with Crippen LogP contribution in [-0.2, 0) is 58.4 Å². The Morgan fingerprint density at radius 2 is 0.976 bits per heavy atom. The lowest BCUT2D eigenvalue weighted by molar-refractivity contribution is -0.147. The van der Waals surface area contributed by atoms with E-state index in [1.54, 1.807) is 21.0 Å². The van der Waals surface area contributed by atoms with Gasteiger partial charge in [0.1, 0.15) is 0 Å². The SMILES string of the molecule is CCOS(=O)N1CCN(C(=O)CN(CCN(CC(=O)OC)CC(=O)OC)CCN(CC(=O)OC)CC(=O)OC)CC1. The van der Waals surface area contributed by atoms with Crippen LogP contribution >= 0.6 is 0 Å². The number of nitrogens with zero attached hydrogens (tertiary/aromatic N) is 5. The Hall–Kier alpha value is -2.70. The number of ether oxygens (including phenoxy) is 4. The lowest BCUT2D eigenvalue weighted by Crippen LogP contribution is -2.53. The van der Waals surface area contributed by atoms with Crippen LogP contribution in [0.5, 0.6) is 0 Å². The summed E-state index contributed by atoms with van der Waals surface area (Å²) < 4.78 is 37.8. The predicted molar refractivity (Wildman–Crippen MR) is 145 cm³/mol. The lowest BCUT2D eigenvalue weighted by Gasteiger charge is -2.35. The van der Waals surface area contributed by atoms with E-state index >= 15 is 0 Å². The first-order chi connectivity index (χ1) is 19.6. The van der Waals surface area contributed by atoms with Crippen molar-refractivity contribution in [3.8, 4) is 0 Å². The highest BCUT2D eigenvalue weighted by molar-refractivity contribution is 7.77. The van der Waals surface area contributed by atoms with Crippen LogP contribution in [0.1, 0.15) is 6.92 Å². The Labute approximate surface area is 243 Å². The van der Waals surface area contributed by atoms with Crippen LogP contribution in [0.25, 0.3) is 0 Å². The predicted octanol–water partition coefficient (Wildman–Crippen LogP) is -2.66. The summed E-state index contributed by atoms with van der Waals surface area (Å²) >= 11 is -1.56. The molecule has 1 aliphatic heterocycles. The maximum atomic E-state index is 13.2. The van der Waals surface area contributed by atoms with E-state index in [0.29, 0.717) is 32.8 Å². The van der Waals surface area contributed by atoms with Crippen molar-refractivity contribution in [3.05, 3.63) is 0 Å². The quantitative estimate of drug-likeness (QED) is 0.110. The van der Waals surface area contributed by atoms with Gasteiger partial charge in [0.2, 0.25) is 17.2 Å². The zero-order valence-corrected chi connectivity index (χ0v) is 25.4. The number of esters is 4. The summed E-state index contributed by atoms with van der Waals surface area (Å²) in [6.45, 7) is 3.84. The summed E-state index contributed by atoms with van der Waals surface area (Å²) in [5.74, 6) is -2.34. The zero-order valence-electron chi connectivity index (χ0n) is 24.5. The maximum Gasteiger partial charge on any atom is 0.319 e. The first-order valence-electron chi connectivity index (χ1n) is 13.1. The summed E-state index contributed by atoms with van der Waals surface area (Å²) in [4.78, 5) is 67.4. The molecule has 41 heavy (non-hydrogen) atoms. The molecule has 0 N–H and O–H groups in total. The lowest BCUT2D eigenvalue weighted by atomic mass is 10.3. The fourth-order valence-electron chi connectivity index (χ4n) is 3.81. The van der Waals surface area contributed by atoms with E-state index in [1.165, 1.54) is 38.2 Å². The minimum absolute atomic E-state index is 0.0108. The van der Waals surface area contributed by atoms with E-state index in [2.05, 4.69) is 0 Å². The molecule has 17 heteroatoms. The van der Waals surface area contributed by atoms with Gasteiger partial charge >= 0.3 is 23.9 Å². The van der Waals surface area contributed by atoms with Crippen molar-refractivity contribution in [2.45, 2.75) is 6.92 Å². The Balaban J connectivity index is 2.97. The Kier molecular flexibility index (Phi) is 17.9. The molecule has 0 bridgehead atoms. The summed E-state index contributed by atoms with van der Waals surface area (Å²) in [5.41, 5.74) is 0. The summed E-state index contributed by atoms with van der Waals surface area (Å²) in [6, 6.07) is 0. The van der Waals surface area contributed by atoms with Gasteiger partial charge in [0.05, 0.1) is 67.8 Å². The van der Waals surface area contributed by atoms with E-state index < -0.39 is 35.1 Å². The summed E-state index contributed by atoms with van der Waals surface area (Å²) in [7, 11) is 4.96. The number of amides is 1. The Morgan fingerprint density at radius 1 is 0.610 bits per heavy atom. The van der Waals surface area contributed by atoms with Crippen LogP contribution in [0.15, 0.2) is 0 Å². The van der Waals surface area contributed by atoms with E-state index in [0.717, 1.165) is 0 Å². The van der Waals surface area contributed by atoms with Crippen LogP contribution in [0, 0.1) is 0 Å². The van der Waals surface area contributed by atoms with E-state index in [1.807, 2.05) is 0 Å². The minimum Gasteiger partial charge on any atom is -0.468 e. The zero-order chi connectivity index (χ0) is 30.8. The van der Waals surface area contributed by atoms with Crippen molar-refractivity contribution in [1.82, 2.24) is 23.9 Å². The highest BCUT2D eigenvalue weighted by Gasteiger charge is 2.27. The molecule has 0 saturated carbocycles. The van der Waals surface area contributed by atoms with Crippen LogP contribution in [0.3, 0.4) is 0 Å². The van der Waals surface area contributed by atoms with Crippen molar-refractivity contribution in [2.24, 2.45) is 0 Å². The fraction of sp³-hybridized carbons (Fsp3) is 0.792. The average Bonchev–Trinajstić information content (AvgIpc) is 2.97. The molecule has 1 unspecified atom stereocenters. The van der Waals surface area contributed by atoms with Crippen molar-refractivity contribution >= 4 is 41.1 Å². The van der Waals surface area contributed by atoms with Crippen LogP contribution in [-0.4, -0.2) is 178 Å². The van der Waals surface area contributed by atoms with Crippen LogP contribution in [0.2, 0.25) is 0 Å². The van der Waals surface area contributed by atoms with Crippen molar-refractivity contribution < 1.29 is 51.3 Å². The molecule has 1 fully saturated rings. The number of methoxy groups -OCH3 is 4. The van der Waals surface area contributed by atoms with E-state index in [9.17, 15) is 28.2 Å². The molecule has 0 aromatic carbocycles. The molecule has 1 amide bonds. The molecule has 0 radical (unpaired) electrons. The molecule has 1 heterocycles. The molecule has 1 rings (SSSR count). The van der Waals surface area contributed by atoms with Gasteiger partial charge < -0.3 is 23.8 Å². The molecule has 236 valence electrons. The van der Waals surface area contributed by atoms with Crippen LogP contribution < -0.4 is 0 Å². The minimum atomic E-state index is -1.56. The molecule has 0 aliphatic carbocycles. The highest BCUT2D eigenvalue weighted by Crippen LogP contribution is 2.08. The average molecular weight is 610 g/mol. The molecular formula is C24H43N5O11S. The van der Waals surface area contributed by atoms with Gasteiger partial charge in [-0.25, -0.2) is 4.21 Å². The van der Waals surface area contributed by atoms with Crippen molar-refractivity contribution in [2.75, 3.05) is 120 Å². The normalized spacial score (nSPS) is 14.7. The second kappa shape index (κ2) is 20.2. The molecular weight excluding hydrogens is 566 g/mol. The second-order valence-electron chi connectivity index (χ2n) is 8.94. The number of carbonyl (C=O) groups excluding carboxylic acids is 5. The van der Waals surface area contributed by atoms with Crippen molar-refractivity contribution in [1.29, 1.82) is 0 Å². The number of hydrogen-bond donors (Lipinski definition) is 0. The van der Waals surface area contributed by atoms with E-state index in [4.69, 9.17) is 23.1 Å². The van der Waals surface area contributed by atoms with Gasteiger partial charge in [0.15, 0.2) is 0 Å². The van der Waals surface area contributed by atoms with Gasteiger partial charge in [-0.3, -0.25) is 42.9 Å². The third-order valence-corrected chi connectivity index (χ3v) is 7.39. The van der Waals surface area contributed by atoms with Gasteiger partial charge in [-0.15, -0.1) is 0 Å². The molecule has 16 nitrogen and oxygen atoms in total. The van der Waals surface area contributed by atoms with Crippen LogP contribution in [0.4, 0.5) is 0 Å². The molecule has 0 spiro atoms. The molecule has 1 saturated heterocycles. The van der Waals surface area contributed by atoms with Gasteiger partial charge in [0.25, 0.3) is 0 Å². The third kappa shape index (κ3) is 14.7. The van der Waals surface area contributed by atoms with Gasteiger partial charge in [-0.1, -0.05) is 0 Å². The standard InChI is InChI=1S/C24H43N5O11S/c1-6-40-41(35)29-13-11-28(12-14-29)20(30)15-25(7-9-26(16-21(31)36-2)17-22(32)37-3)8-10-27(18-23(33)38-4)19-24(34)39-5/h6-19H2,1-5H3. The van der Waals surface area contributed by atoms with Gasteiger partial charge in [-0.05, 0) is 6.92 Å². The fourth-order valence-corrected chi connectivity index (χ4v) is 4.62. The smallest absolute Gasteiger partial charge is 0.319 e. The number of piperazine rings is 1. The van der Waals surface area contributed by atoms with E-state index in [-0.39, 0.29) is 64.8 Å². The monoisotopic (exact) mass is 609 g/mol. The highest BCUT2D eigenvalue weighted by atomic mass is 32.2. The molecule has 0 aromatic heterocycles. The summed E-state index contributed by atoms with van der Waals surface area (Å²) in [6.07, 6.45) is 0. The molecule has 1 aliphatic rings. The first kappa shape index (κ1) is 36.3. The topological polar surface area (TPSA) is 165 Å². The maximum absolute atomic E-state index is 13.2. The second-order valence-corrected chi connectivity index (χ2v) is 10.1. The van der Waals surface area contributed by atoms with Gasteiger partial charge in [0, 0.05) is 52.4 Å². The number of rotatable bonds is 19. The molecule has 0 aromatic rings. The number of carbonyl (C=O) groups is 5.